The van der Waals surface area contributed by atoms with Gasteiger partial charge in [-0.1, -0.05) is 27.7 Å². The molecule has 4 heteroatoms. The molecular formula is C15H27NO3. The topological polar surface area (TPSA) is 57.6 Å². The number of aliphatic carboxylic acids is 1. The number of carbonyl (C=O) groups excluding carboxylic acids is 1. The first-order chi connectivity index (χ1) is 8.64. The van der Waals surface area contributed by atoms with Crippen molar-refractivity contribution >= 4 is 11.9 Å². The van der Waals surface area contributed by atoms with Gasteiger partial charge < -0.3 is 10.0 Å². The van der Waals surface area contributed by atoms with Gasteiger partial charge in [0.2, 0.25) is 5.91 Å². The molecule has 0 aromatic carbocycles. The average Bonchev–Trinajstić information content (AvgIpc) is 2.26. The summed E-state index contributed by atoms with van der Waals surface area (Å²) in [6, 6.07) is 0.202. The normalized spacial score (nSPS) is 25.7. The highest BCUT2D eigenvalue weighted by Gasteiger charge is 2.41. The molecule has 1 unspecified atom stereocenters. The highest BCUT2D eigenvalue weighted by molar-refractivity contribution is 5.97. The Hall–Kier alpha value is -1.06. The van der Waals surface area contributed by atoms with Gasteiger partial charge in [0.25, 0.3) is 0 Å². The molecule has 0 aliphatic heterocycles. The Morgan fingerprint density at radius 1 is 1.16 bits per heavy atom. The van der Waals surface area contributed by atoms with Gasteiger partial charge in [-0.3, -0.25) is 9.59 Å². The second kappa shape index (κ2) is 5.93. The summed E-state index contributed by atoms with van der Waals surface area (Å²) in [5.74, 6) is -1.51. The van der Waals surface area contributed by atoms with Crippen LogP contribution in [0.4, 0.5) is 0 Å². The maximum Gasteiger partial charge on any atom is 0.316 e. The fourth-order valence-corrected chi connectivity index (χ4v) is 2.86. The molecule has 110 valence electrons. The number of carbonyl (C=O) groups is 2. The third kappa shape index (κ3) is 3.95. The van der Waals surface area contributed by atoms with Gasteiger partial charge in [0.1, 0.15) is 5.92 Å². The number of carboxylic acid groups (broad SMARTS) is 1. The molecule has 0 aromatic rings. The molecule has 1 N–H and O–H groups in total. The predicted octanol–water partition coefficient (Wildman–Crippen LogP) is 2.77. The molecule has 1 saturated carbocycles. The standard InChI is InChI=1S/C15H27NO3/c1-10-6-8-11(9-7-10)16(5)13(17)12(14(18)19)15(2,3)4/h10-12H,6-9H2,1-5H3,(H,18,19). The number of carboxylic acids is 1. The Labute approximate surface area is 116 Å². The van der Waals surface area contributed by atoms with Crippen molar-refractivity contribution in [1.82, 2.24) is 4.90 Å². The van der Waals surface area contributed by atoms with E-state index in [1.54, 1.807) is 32.7 Å². The van der Waals surface area contributed by atoms with E-state index in [0.717, 1.165) is 31.6 Å². The first-order valence-corrected chi connectivity index (χ1v) is 7.14. The average molecular weight is 269 g/mol. The molecular weight excluding hydrogens is 242 g/mol. The lowest BCUT2D eigenvalue weighted by atomic mass is 9.79. The smallest absolute Gasteiger partial charge is 0.316 e. The summed E-state index contributed by atoms with van der Waals surface area (Å²) in [5, 5.41) is 9.32. The highest BCUT2D eigenvalue weighted by atomic mass is 16.4. The number of hydrogen-bond donors (Lipinski definition) is 1. The van der Waals surface area contributed by atoms with E-state index >= 15 is 0 Å². The van der Waals surface area contributed by atoms with Crippen molar-refractivity contribution in [3.05, 3.63) is 0 Å². The second-order valence-electron chi connectivity index (χ2n) is 7.00. The van der Waals surface area contributed by atoms with Crippen LogP contribution in [0.1, 0.15) is 53.4 Å². The van der Waals surface area contributed by atoms with Crippen molar-refractivity contribution in [2.75, 3.05) is 7.05 Å². The van der Waals surface area contributed by atoms with Gasteiger partial charge in [-0.15, -0.1) is 0 Å². The van der Waals surface area contributed by atoms with Crippen LogP contribution < -0.4 is 0 Å². The van der Waals surface area contributed by atoms with Crippen LogP contribution in [-0.4, -0.2) is 35.0 Å². The van der Waals surface area contributed by atoms with E-state index in [1.165, 1.54) is 0 Å². The van der Waals surface area contributed by atoms with E-state index in [1.807, 2.05) is 0 Å². The van der Waals surface area contributed by atoms with Gasteiger partial charge in [0, 0.05) is 13.1 Å². The fourth-order valence-electron chi connectivity index (χ4n) is 2.86. The number of amides is 1. The quantitative estimate of drug-likeness (QED) is 0.801. The Morgan fingerprint density at radius 3 is 2.00 bits per heavy atom. The molecule has 1 rings (SSSR count). The van der Waals surface area contributed by atoms with Crippen LogP contribution in [0.2, 0.25) is 0 Å². The first kappa shape index (κ1) is 16.0. The molecule has 0 bridgehead atoms. The van der Waals surface area contributed by atoms with Gasteiger partial charge >= 0.3 is 5.97 Å². The van der Waals surface area contributed by atoms with Crippen molar-refractivity contribution in [2.24, 2.45) is 17.3 Å². The molecule has 1 aliphatic rings. The first-order valence-electron chi connectivity index (χ1n) is 7.14. The van der Waals surface area contributed by atoms with E-state index in [-0.39, 0.29) is 11.9 Å². The minimum Gasteiger partial charge on any atom is -0.481 e. The third-order valence-electron chi connectivity index (χ3n) is 4.24. The monoisotopic (exact) mass is 269 g/mol. The van der Waals surface area contributed by atoms with Crippen molar-refractivity contribution in [2.45, 2.75) is 59.4 Å². The van der Waals surface area contributed by atoms with Crippen LogP contribution in [0.3, 0.4) is 0 Å². The predicted molar refractivity (Wildman–Crippen MR) is 74.8 cm³/mol. The van der Waals surface area contributed by atoms with Crippen LogP contribution in [0, 0.1) is 17.3 Å². The maximum atomic E-state index is 12.5. The molecule has 0 radical (unpaired) electrons. The molecule has 0 spiro atoms. The fraction of sp³-hybridized carbons (Fsp3) is 0.867. The molecule has 19 heavy (non-hydrogen) atoms. The van der Waals surface area contributed by atoms with Gasteiger partial charge in [-0.2, -0.15) is 0 Å². The zero-order valence-corrected chi connectivity index (χ0v) is 12.8. The molecule has 1 fully saturated rings. The molecule has 4 nitrogen and oxygen atoms in total. The lowest BCUT2D eigenvalue weighted by Gasteiger charge is -2.37. The SMILES string of the molecule is CC1CCC(N(C)C(=O)C(C(=O)O)C(C)(C)C)CC1. The van der Waals surface area contributed by atoms with Crippen LogP contribution in [0.15, 0.2) is 0 Å². The van der Waals surface area contributed by atoms with Crippen LogP contribution in [-0.2, 0) is 9.59 Å². The number of rotatable bonds is 3. The largest absolute Gasteiger partial charge is 0.481 e. The molecule has 1 atom stereocenters. The van der Waals surface area contributed by atoms with Gasteiger partial charge in [-0.25, -0.2) is 0 Å². The van der Waals surface area contributed by atoms with Crippen molar-refractivity contribution in [3.8, 4) is 0 Å². The summed E-state index contributed by atoms with van der Waals surface area (Å²) in [4.78, 5) is 25.5. The summed E-state index contributed by atoms with van der Waals surface area (Å²) in [6.45, 7) is 7.65. The van der Waals surface area contributed by atoms with Crippen LogP contribution in [0.25, 0.3) is 0 Å². The number of nitrogens with zero attached hydrogens (tertiary/aromatic N) is 1. The Morgan fingerprint density at radius 2 is 1.63 bits per heavy atom. The lowest BCUT2D eigenvalue weighted by Crippen LogP contribution is -2.48. The minimum absolute atomic E-state index is 0.202. The molecule has 0 aromatic heterocycles. The Bertz CT molecular complexity index is 338. The van der Waals surface area contributed by atoms with E-state index < -0.39 is 17.3 Å². The van der Waals surface area contributed by atoms with Crippen molar-refractivity contribution < 1.29 is 14.7 Å². The van der Waals surface area contributed by atoms with Crippen LogP contribution >= 0.6 is 0 Å². The van der Waals surface area contributed by atoms with E-state index in [4.69, 9.17) is 0 Å². The van der Waals surface area contributed by atoms with Gasteiger partial charge in [-0.05, 0) is 37.0 Å². The zero-order valence-electron chi connectivity index (χ0n) is 12.8. The highest BCUT2D eigenvalue weighted by Crippen LogP contribution is 2.31. The Kier molecular flexibility index (Phi) is 4.99. The van der Waals surface area contributed by atoms with Crippen LogP contribution in [0.5, 0.6) is 0 Å². The summed E-state index contributed by atoms with van der Waals surface area (Å²) in [7, 11) is 1.75. The van der Waals surface area contributed by atoms with Gasteiger partial charge in [0.15, 0.2) is 0 Å². The minimum atomic E-state index is -1.02. The Balaban J connectivity index is 2.77. The summed E-state index contributed by atoms with van der Waals surface area (Å²) >= 11 is 0. The van der Waals surface area contributed by atoms with Crippen molar-refractivity contribution in [3.63, 3.8) is 0 Å². The summed E-state index contributed by atoms with van der Waals surface area (Å²) < 4.78 is 0. The molecule has 1 aliphatic carbocycles. The second-order valence-corrected chi connectivity index (χ2v) is 7.00. The zero-order chi connectivity index (χ0) is 14.8. The van der Waals surface area contributed by atoms with E-state index in [0.29, 0.717) is 0 Å². The summed E-state index contributed by atoms with van der Waals surface area (Å²) in [5.41, 5.74) is -0.556. The third-order valence-corrected chi connectivity index (χ3v) is 4.24. The van der Waals surface area contributed by atoms with E-state index in [9.17, 15) is 14.7 Å². The molecule has 0 heterocycles. The molecule has 0 saturated heterocycles. The summed E-state index contributed by atoms with van der Waals surface area (Å²) in [6.07, 6.45) is 4.21. The van der Waals surface area contributed by atoms with Gasteiger partial charge in [0.05, 0.1) is 0 Å². The molecule has 1 amide bonds. The lowest BCUT2D eigenvalue weighted by molar-refractivity contribution is -0.156. The number of hydrogen-bond acceptors (Lipinski definition) is 2. The van der Waals surface area contributed by atoms with Crippen molar-refractivity contribution in [1.29, 1.82) is 0 Å². The maximum absolute atomic E-state index is 12.5. The van der Waals surface area contributed by atoms with E-state index in [2.05, 4.69) is 6.92 Å².